The molecule has 0 bridgehead atoms. The van der Waals surface area contributed by atoms with Crippen molar-refractivity contribution in [2.75, 3.05) is 0 Å². The summed E-state index contributed by atoms with van der Waals surface area (Å²) < 4.78 is 6.15. The molecule has 2 amide bonds. The van der Waals surface area contributed by atoms with Crippen molar-refractivity contribution < 1.29 is 14.0 Å². The standard InChI is InChI=1S/C18H19BrN2O3/c1-12(16(22)20-11-15-3-2-10-24-15)21-17(23)18(8-9-18)13-4-6-14(19)7-5-13/h2-7,10,12H,8-9,11H2,1H3,(H,20,22)(H,21,23). The summed E-state index contributed by atoms with van der Waals surface area (Å²) >= 11 is 3.40. The SMILES string of the molecule is CC(NC(=O)C1(c2ccc(Br)cc2)CC1)C(=O)NCc1ccco1. The molecule has 6 heteroatoms. The van der Waals surface area contributed by atoms with Gasteiger partial charge in [0, 0.05) is 4.47 Å². The Hall–Kier alpha value is -2.08. The van der Waals surface area contributed by atoms with Crippen molar-refractivity contribution in [3.8, 4) is 0 Å². The van der Waals surface area contributed by atoms with Gasteiger partial charge < -0.3 is 15.1 Å². The highest BCUT2D eigenvalue weighted by molar-refractivity contribution is 9.10. The Morgan fingerprint density at radius 2 is 1.96 bits per heavy atom. The first kappa shape index (κ1) is 16.8. The van der Waals surface area contributed by atoms with Gasteiger partial charge in [0.05, 0.1) is 18.2 Å². The molecule has 0 spiro atoms. The minimum atomic E-state index is -0.597. The second-order valence-electron chi connectivity index (χ2n) is 6.08. The van der Waals surface area contributed by atoms with Crippen LogP contribution in [0, 0.1) is 0 Å². The van der Waals surface area contributed by atoms with Crippen LogP contribution < -0.4 is 10.6 Å². The predicted octanol–water partition coefficient (Wildman–Crippen LogP) is 2.89. The number of carbonyl (C=O) groups excluding carboxylic acids is 2. The third-order valence-electron chi connectivity index (χ3n) is 4.34. The summed E-state index contributed by atoms with van der Waals surface area (Å²) in [5.74, 6) is 0.354. The maximum Gasteiger partial charge on any atom is 0.242 e. The zero-order valence-electron chi connectivity index (χ0n) is 13.3. The lowest BCUT2D eigenvalue weighted by Crippen LogP contribution is -2.48. The molecular weight excluding hydrogens is 372 g/mol. The summed E-state index contributed by atoms with van der Waals surface area (Å²) in [7, 11) is 0. The number of furan rings is 1. The van der Waals surface area contributed by atoms with Crippen LogP contribution in [-0.4, -0.2) is 17.9 Å². The van der Waals surface area contributed by atoms with Gasteiger partial charge in [0.2, 0.25) is 11.8 Å². The number of rotatable bonds is 6. The summed E-state index contributed by atoms with van der Waals surface area (Å²) in [5.41, 5.74) is 0.502. The third kappa shape index (κ3) is 3.53. The van der Waals surface area contributed by atoms with Crippen molar-refractivity contribution in [2.24, 2.45) is 0 Å². The number of amides is 2. The fourth-order valence-corrected chi connectivity index (χ4v) is 2.95. The normalized spacial score (nSPS) is 16.2. The van der Waals surface area contributed by atoms with E-state index in [0.717, 1.165) is 22.9 Å². The van der Waals surface area contributed by atoms with Crippen molar-refractivity contribution >= 4 is 27.7 Å². The Labute approximate surface area is 148 Å². The van der Waals surface area contributed by atoms with Gasteiger partial charge in [-0.25, -0.2) is 0 Å². The van der Waals surface area contributed by atoms with E-state index < -0.39 is 11.5 Å². The maximum absolute atomic E-state index is 12.6. The quantitative estimate of drug-likeness (QED) is 0.796. The van der Waals surface area contributed by atoms with Crippen LogP contribution in [0.5, 0.6) is 0 Å². The molecule has 1 aromatic carbocycles. The first-order valence-electron chi connectivity index (χ1n) is 7.88. The van der Waals surface area contributed by atoms with Crippen LogP contribution in [0.25, 0.3) is 0 Å². The van der Waals surface area contributed by atoms with E-state index >= 15 is 0 Å². The minimum Gasteiger partial charge on any atom is -0.467 e. The van der Waals surface area contributed by atoms with E-state index in [4.69, 9.17) is 4.42 Å². The Morgan fingerprint density at radius 3 is 2.54 bits per heavy atom. The van der Waals surface area contributed by atoms with Crippen LogP contribution in [0.3, 0.4) is 0 Å². The molecule has 5 nitrogen and oxygen atoms in total. The lowest BCUT2D eigenvalue weighted by Gasteiger charge is -2.19. The number of nitrogens with one attached hydrogen (secondary N) is 2. The number of benzene rings is 1. The topological polar surface area (TPSA) is 71.3 Å². The molecule has 24 heavy (non-hydrogen) atoms. The fraction of sp³-hybridized carbons (Fsp3) is 0.333. The molecule has 1 atom stereocenters. The van der Waals surface area contributed by atoms with E-state index in [0.29, 0.717) is 12.3 Å². The van der Waals surface area contributed by atoms with Crippen molar-refractivity contribution in [1.29, 1.82) is 0 Å². The van der Waals surface area contributed by atoms with E-state index in [1.807, 2.05) is 24.3 Å². The Kier molecular flexibility index (Phi) is 4.76. The van der Waals surface area contributed by atoms with Crippen LogP contribution >= 0.6 is 15.9 Å². The lowest BCUT2D eigenvalue weighted by molar-refractivity contribution is -0.130. The number of hydrogen-bond acceptors (Lipinski definition) is 3. The summed E-state index contributed by atoms with van der Waals surface area (Å²) in [6.45, 7) is 2.00. The molecule has 1 fully saturated rings. The molecular formula is C18H19BrN2O3. The average Bonchev–Trinajstić information content (AvgIpc) is 3.22. The monoisotopic (exact) mass is 390 g/mol. The summed E-state index contributed by atoms with van der Waals surface area (Å²) in [4.78, 5) is 24.8. The van der Waals surface area contributed by atoms with Crippen LogP contribution in [-0.2, 0) is 21.5 Å². The van der Waals surface area contributed by atoms with Crippen molar-refractivity contribution in [1.82, 2.24) is 10.6 Å². The second kappa shape index (κ2) is 6.81. The first-order valence-corrected chi connectivity index (χ1v) is 8.68. The van der Waals surface area contributed by atoms with Gasteiger partial charge in [0.15, 0.2) is 0 Å². The van der Waals surface area contributed by atoms with Crippen molar-refractivity contribution in [3.05, 3.63) is 58.5 Å². The third-order valence-corrected chi connectivity index (χ3v) is 4.87. The average molecular weight is 391 g/mol. The molecule has 1 saturated carbocycles. The molecule has 0 saturated heterocycles. The highest BCUT2D eigenvalue weighted by Gasteiger charge is 2.51. The Bertz CT molecular complexity index is 721. The summed E-state index contributed by atoms with van der Waals surface area (Å²) in [6.07, 6.45) is 3.17. The highest BCUT2D eigenvalue weighted by Crippen LogP contribution is 2.48. The van der Waals surface area contributed by atoms with Gasteiger partial charge >= 0.3 is 0 Å². The van der Waals surface area contributed by atoms with Crippen LogP contribution in [0.15, 0.2) is 51.6 Å². The minimum absolute atomic E-state index is 0.0922. The van der Waals surface area contributed by atoms with Crippen molar-refractivity contribution in [2.45, 2.75) is 37.8 Å². The van der Waals surface area contributed by atoms with Crippen molar-refractivity contribution in [3.63, 3.8) is 0 Å². The molecule has 1 unspecified atom stereocenters. The van der Waals surface area contributed by atoms with Gasteiger partial charge in [-0.2, -0.15) is 0 Å². The highest BCUT2D eigenvalue weighted by atomic mass is 79.9. The van der Waals surface area contributed by atoms with Gasteiger partial charge in [-0.1, -0.05) is 28.1 Å². The molecule has 126 valence electrons. The van der Waals surface area contributed by atoms with Gasteiger partial charge in [-0.15, -0.1) is 0 Å². The van der Waals surface area contributed by atoms with E-state index in [1.54, 1.807) is 25.3 Å². The fourth-order valence-electron chi connectivity index (χ4n) is 2.68. The zero-order chi connectivity index (χ0) is 17.2. The summed E-state index contributed by atoms with van der Waals surface area (Å²) in [6, 6.07) is 10.7. The van der Waals surface area contributed by atoms with E-state index in [1.165, 1.54) is 0 Å². The van der Waals surface area contributed by atoms with E-state index in [9.17, 15) is 9.59 Å². The Morgan fingerprint density at radius 1 is 1.25 bits per heavy atom. The molecule has 1 aliphatic rings. The van der Waals surface area contributed by atoms with Crippen LogP contribution in [0.2, 0.25) is 0 Å². The molecule has 0 aliphatic heterocycles. The van der Waals surface area contributed by atoms with Crippen LogP contribution in [0.1, 0.15) is 31.1 Å². The van der Waals surface area contributed by atoms with E-state index in [-0.39, 0.29) is 11.8 Å². The molecule has 2 N–H and O–H groups in total. The smallest absolute Gasteiger partial charge is 0.242 e. The van der Waals surface area contributed by atoms with Gasteiger partial charge in [-0.3, -0.25) is 9.59 Å². The molecule has 2 aromatic rings. The second-order valence-corrected chi connectivity index (χ2v) is 7.00. The number of carbonyl (C=O) groups is 2. The van der Waals surface area contributed by atoms with Gasteiger partial charge in [0.25, 0.3) is 0 Å². The predicted molar refractivity (Wildman–Crippen MR) is 93.2 cm³/mol. The molecule has 1 aliphatic carbocycles. The lowest BCUT2D eigenvalue weighted by atomic mass is 9.95. The van der Waals surface area contributed by atoms with Gasteiger partial charge in [-0.05, 0) is 49.6 Å². The zero-order valence-corrected chi connectivity index (χ0v) is 14.9. The summed E-state index contributed by atoms with van der Waals surface area (Å²) in [5, 5.41) is 5.59. The van der Waals surface area contributed by atoms with E-state index in [2.05, 4.69) is 26.6 Å². The largest absolute Gasteiger partial charge is 0.467 e. The number of hydrogen-bond donors (Lipinski definition) is 2. The molecule has 0 radical (unpaired) electrons. The number of halogens is 1. The first-order chi connectivity index (χ1) is 11.5. The van der Waals surface area contributed by atoms with Gasteiger partial charge in [0.1, 0.15) is 11.8 Å². The Balaban J connectivity index is 1.57. The molecule has 1 heterocycles. The molecule has 3 rings (SSSR count). The molecule has 1 aromatic heterocycles. The maximum atomic E-state index is 12.6. The van der Waals surface area contributed by atoms with Crippen LogP contribution in [0.4, 0.5) is 0 Å².